The van der Waals surface area contributed by atoms with E-state index in [-0.39, 0.29) is 5.91 Å². The summed E-state index contributed by atoms with van der Waals surface area (Å²) in [5, 5.41) is 0. The highest BCUT2D eigenvalue weighted by atomic mass is 16.2. The Kier molecular flexibility index (Phi) is 7.78. The summed E-state index contributed by atoms with van der Waals surface area (Å²) in [4.78, 5) is 13.8. The fraction of sp³-hybridized carbons (Fsp3) is 0.588. The van der Waals surface area contributed by atoms with E-state index in [2.05, 4.69) is 6.92 Å². The molecule has 1 rings (SSSR count). The second-order valence-corrected chi connectivity index (χ2v) is 5.38. The molecule has 3 nitrogen and oxygen atoms in total. The summed E-state index contributed by atoms with van der Waals surface area (Å²) in [7, 11) is 1.80. The molecular weight excluding hydrogens is 248 g/mol. The van der Waals surface area contributed by atoms with Crippen molar-refractivity contribution in [2.24, 2.45) is 0 Å². The summed E-state index contributed by atoms with van der Waals surface area (Å²) in [6, 6.07) is 7.50. The van der Waals surface area contributed by atoms with Gasteiger partial charge in [0.15, 0.2) is 0 Å². The molecule has 0 unspecified atom stereocenters. The Morgan fingerprint density at radius 2 is 1.65 bits per heavy atom. The Morgan fingerprint density at radius 3 is 2.30 bits per heavy atom. The van der Waals surface area contributed by atoms with Gasteiger partial charge >= 0.3 is 0 Å². The van der Waals surface area contributed by atoms with Gasteiger partial charge in [-0.2, -0.15) is 0 Å². The zero-order valence-electron chi connectivity index (χ0n) is 12.9. The summed E-state index contributed by atoms with van der Waals surface area (Å²) in [5.41, 5.74) is 7.35. The van der Waals surface area contributed by atoms with Crippen molar-refractivity contribution >= 4 is 17.3 Å². The van der Waals surface area contributed by atoms with Gasteiger partial charge in [0, 0.05) is 13.5 Å². The minimum Gasteiger partial charge on any atom is -0.397 e. The number of benzene rings is 1. The van der Waals surface area contributed by atoms with E-state index in [9.17, 15) is 4.79 Å². The van der Waals surface area contributed by atoms with Crippen LogP contribution in [0.25, 0.3) is 0 Å². The molecular formula is C17H28N2O. The fourth-order valence-electron chi connectivity index (χ4n) is 2.33. The fourth-order valence-corrected chi connectivity index (χ4v) is 2.33. The lowest BCUT2D eigenvalue weighted by molar-refractivity contribution is -0.118. The number of nitrogens with zero attached hydrogens (tertiary/aromatic N) is 1. The number of nitrogens with two attached hydrogens (primary N) is 1. The average Bonchev–Trinajstić information content (AvgIpc) is 2.46. The highest BCUT2D eigenvalue weighted by Crippen LogP contribution is 2.22. The van der Waals surface area contributed by atoms with Gasteiger partial charge in [-0.25, -0.2) is 0 Å². The van der Waals surface area contributed by atoms with E-state index < -0.39 is 0 Å². The Balaban J connectivity index is 2.24. The minimum atomic E-state index is 0.149. The van der Waals surface area contributed by atoms with Crippen LogP contribution in [0.5, 0.6) is 0 Å². The highest BCUT2D eigenvalue weighted by molar-refractivity contribution is 5.95. The molecule has 0 fully saturated rings. The molecule has 0 saturated heterocycles. The van der Waals surface area contributed by atoms with Crippen LogP contribution in [0, 0.1) is 0 Å². The van der Waals surface area contributed by atoms with Crippen molar-refractivity contribution in [3.63, 3.8) is 0 Å². The highest BCUT2D eigenvalue weighted by Gasteiger charge is 2.12. The zero-order chi connectivity index (χ0) is 14.8. The van der Waals surface area contributed by atoms with Gasteiger partial charge in [-0.3, -0.25) is 4.79 Å². The first-order chi connectivity index (χ1) is 9.66. The normalized spacial score (nSPS) is 10.5. The van der Waals surface area contributed by atoms with Crippen LogP contribution >= 0.6 is 0 Å². The van der Waals surface area contributed by atoms with Crippen molar-refractivity contribution in [3.8, 4) is 0 Å². The molecule has 1 aromatic rings. The molecule has 0 heterocycles. The van der Waals surface area contributed by atoms with Crippen LogP contribution in [0.3, 0.4) is 0 Å². The van der Waals surface area contributed by atoms with Crippen LogP contribution in [-0.4, -0.2) is 13.0 Å². The van der Waals surface area contributed by atoms with E-state index in [1.54, 1.807) is 11.9 Å². The Hall–Kier alpha value is -1.51. The van der Waals surface area contributed by atoms with E-state index >= 15 is 0 Å². The number of hydrogen-bond donors (Lipinski definition) is 1. The topological polar surface area (TPSA) is 46.3 Å². The number of para-hydroxylation sites is 2. The van der Waals surface area contributed by atoms with Gasteiger partial charge in [0.2, 0.25) is 5.91 Å². The predicted octanol–water partition coefficient (Wildman–Crippen LogP) is 4.37. The number of amides is 1. The maximum absolute atomic E-state index is 12.1. The van der Waals surface area contributed by atoms with E-state index in [0.29, 0.717) is 12.1 Å². The molecule has 1 amide bonds. The van der Waals surface area contributed by atoms with Crippen molar-refractivity contribution in [1.82, 2.24) is 0 Å². The van der Waals surface area contributed by atoms with Crippen molar-refractivity contribution in [2.45, 2.75) is 58.3 Å². The summed E-state index contributed by atoms with van der Waals surface area (Å²) in [5.74, 6) is 0.149. The molecule has 0 saturated carbocycles. The first kappa shape index (κ1) is 16.5. The molecule has 0 aliphatic carbocycles. The summed E-state index contributed by atoms with van der Waals surface area (Å²) < 4.78 is 0. The molecule has 1 aromatic carbocycles. The van der Waals surface area contributed by atoms with Crippen molar-refractivity contribution in [1.29, 1.82) is 0 Å². The lowest BCUT2D eigenvalue weighted by Gasteiger charge is -2.19. The molecule has 112 valence electrons. The first-order valence-corrected chi connectivity index (χ1v) is 7.78. The van der Waals surface area contributed by atoms with Crippen LogP contribution in [0.15, 0.2) is 24.3 Å². The summed E-state index contributed by atoms with van der Waals surface area (Å²) in [6.07, 6.45) is 9.20. The van der Waals surface area contributed by atoms with E-state index in [1.807, 2.05) is 24.3 Å². The third kappa shape index (κ3) is 5.64. The lowest BCUT2D eigenvalue weighted by atomic mass is 10.1. The molecule has 0 bridgehead atoms. The number of rotatable bonds is 9. The smallest absolute Gasteiger partial charge is 0.226 e. The standard InChI is InChI=1S/C17H28N2O/c1-3-4-5-6-7-8-9-14-17(20)19(2)16-13-11-10-12-15(16)18/h10-13H,3-9,14,18H2,1-2H3. The maximum atomic E-state index is 12.1. The number of unbranched alkanes of at least 4 members (excludes halogenated alkanes) is 6. The van der Waals surface area contributed by atoms with Crippen molar-refractivity contribution < 1.29 is 4.79 Å². The van der Waals surface area contributed by atoms with Crippen molar-refractivity contribution in [2.75, 3.05) is 17.7 Å². The monoisotopic (exact) mass is 276 g/mol. The molecule has 0 aromatic heterocycles. The lowest BCUT2D eigenvalue weighted by Crippen LogP contribution is -2.26. The van der Waals surface area contributed by atoms with Crippen LogP contribution < -0.4 is 10.6 Å². The molecule has 0 atom stereocenters. The van der Waals surface area contributed by atoms with Gasteiger partial charge in [-0.1, -0.05) is 57.6 Å². The molecule has 0 aliphatic heterocycles. The molecule has 20 heavy (non-hydrogen) atoms. The molecule has 0 radical (unpaired) electrons. The van der Waals surface area contributed by atoms with Gasteiger partial charge in [0.25, 0.3) is 0 Å². The Bertz CT molecular complexity index is 404. The van der Waals surface area contributed by atoms with Gasteiger partial charge in [0.05, 0.1) is 11.4 Å². The minimum absolute atomic E-state index is 0.149. The molecule has 0 spiro atoms. The maximum Gasteiger partial charge on any atom is 0.226 e. The number of carbonyl (C=O) groups is 1. The van der Waals surface area contributed by atoms with E-state index in [0.717, 1.165) is 18.5 Å². The largest absolute Gasteiger partial charge is 0.397 e. The summed E-state index contributed by atoms with van der Waals surface area (Å²) in [6.45, 7) is 2.23. The Labute approximate surface area is 123 Å². The number of nitrogen functional groups attached to an aromatic ring is 1. The van der Waals surface area contributed by atoms with Crippen LogP contribution in [0.2, 0.25) is 0 Å². The third-order valence-corrected chi connectivity index (χ3v) is 3.67. The average molecular weight is 276 g/mol. The van der Waals surface area contributed by atoms with Crippen molar-refractivity contribution in [3.05, 3.63) is 24.3 Å². The van der Waals surface area contributed by atoms with E-state index in [1.165, 1.54) is 32.1 Å². The van der Waals surface area contributed by atoms with Gasteiger partial charge in [0.1, 0.15) is 0 Å². The first-order valence-electron chi connectivity index (χ1n) is 7.78. The van der Waals surface area contributed by atoms with Gasteiger partial charge < -0.3 is 10.6 Å². The Morgan fingerprint density at radius 1 is 1.05 bits per heavy atom. The predicted molar refractivity (Wildman–Crippen MR) is 86.9 cm³/mol. The zero-order valence-corrected chi connectivity index (χ0v) is 12.9. The quantitative estimate of drug-likeness (QED) is 0.537. The second kappa shape index (κ2) is 9.40. The van der Waals surface area contributed by atoms with Gasteiger partial charge in [-0.05, 0) is 18.6 Å². The SMILES string of the molecule is CCCCCCCCCC(=O)N(C)c1ccccc1N. The van der Waals surface area contributed by atoms with Gasteiger partial charge in [-0.15, -0.1) is 0 Å². The second-order valence-electron chi connectivity index (χ2n) is 5.38. The summed E-state index contributed by atoms with van der Waals surface area (Å²) >= 11 is 0. The molecule has 2 N–H and O–H groups in total. The van der Waals surface area contributed by atoms with Crippen LogP contribution in [0.1, 0.15) is 58.3 Å². The van der Waals surface area contributed by atoms with Crippen LogP contribution in [0.4, 0.5) is 11.4 Å². The number of carbonyl (C=O) groups excluding carboxylic acids is 1. The van der Waals surface area contributed by atoms with Crippen LogP contribution in [-0.2, 0) is 4.79 Å². The molecule has 0 aliphatic rings. The molecule has 3 heteroatoms. The number of anilines is 2. The third-order valence-electron chi connectivity index (χ3n) is 3.67. The van der Waals surface area contributed by atoms with E-state index in [4.69, 9.17) is 5.73 Å². The number of hydrogen-bond acceptors (Lipinski definition) is 2.